The Hall–Kier alpha value is -2.43. The van der Waals surface area contributed by atoms with Crippen LogP contribution in [0.5, 0.6) is 11.5 Å². The minimum atomic E-state index is -0.966. The van der Waals surface area contributed by atoms with Crippen molar-refractivity contribution in [3.8, 4) is 11.5 Å². The van der Waals surface area contributed by atoms with Gasteiger partial charge in [0.2, 0.25) is 0 Å². The van der Waals surface area contributed by atoms with Gasteiger partial charge in [0.25, 0.3) is 0 Å². The van der Waals surface area contributed by atoms with Crippen LogP contribution >= 0.6 is 0 Å². The Morgan fingerprint density at radius 2 is 1.86 bits per heavy atom. The first-order chi connectivity index (χ1) is 10.1. The molecule has 0 fully saturated rings. The van der Waals surface area contributed by atoms with E-state index in [9.17, 15) is 13.6 Å². The zero-order valence-electron chi connectivity index (χ0n) is 11.0. The molecule has 0 N–H and O–H groups in total. The van der Waals surface area contributed by atoms with Crippen LogP contribution in [0.1, 0.15) is 5.56 Å². The van der Waals surface area contributed by atoms with E-state index in [1.54, 1.807) is 18.2 Å². The SMILES string of the molecule is O=C(Cc1ccc(F)c(F)c1)C1COc2ccccc2O1. The topological polar surface area (TPSA) is 35.5 Å². The van der Waals surface area contributed by atoms with Crippen molar-refractivity contribution in [1.82, 2.24) is 0 Å². The molecule has 0 amide bonds. The number of halogens is 2. The van der Waals surface area contributed by atoms with Gasteiger partial charge in [-0.05, 0) is 29.8 Å². The van der Waals surface area contributed by atoms with Gasteiger partial charge in [0, 0.05) is 6.42 Å². The lowest BCUT2D eigenvalue weighted by Crippen LogP contribution is -2.37. The lowest BCUT2D eigenvalue weighted by Gasteiger charge is -2.25. The molecular formula is C16H12F2O3. The van der Waals surface area contributed by atoms with Gasteiger partial charge < -0.3 is 9.47 Å². The molecule has 3 nitrogen and oxygen atoms in total. The molecule has 2 aromatic rings. The second kappa shape index (κ2) is 5.52. The van der Waals surface area contributed by atoms with E-state index in [-0.39, 0.29) is 18.8 Å². The van der Waals surface area contributed by atoms with Crippen LogP contribution in [-0.4, -0.2) is 18.5 Å². The monoisotopic (exact) mass is 290 g/mol. The number of Topliss-reactive ketones (excluding diaryl/α,β-unsaturated/α-hetero) is 1. The molecule has 1 unspecified atom stereocenters. The summed E-state index contributed by atoms with van der Waals surface area (Å²) in [4.78, 5) is 12.2. The van der Waals surface area contributed by atoms with Crippen LogP contribution in [0.25, 0.3) is 0 Å². The molecule has 0 saturated carbocycles. The quantitative estimate of drug-likeness (QED) is 0.872. The summed E-state index contributed by atoms with van der Waals surface area (Å²) in [5, 5.41) is 0. The van der Waals surface area contributed by atoms with E-state index in [1.807, 2.05) is 6.07 Å². The second-order valence-electron chi connectivity index (χ2n) is 4.76. The Morgan fingerprint density at radius 3 is 2.62 bits per heavy atom. The van der Waals surface area contributed by atoms with Crippen molar-refractivity contribution in [3.63, 3.8) is 0 Å². The zero-order chi connectivity index (χ0) is 14.8. The van der Waals surface area contributed by atoms with Crippen LogP contribution in [0.2, 0.25) is 0 Å². The zero-order valence-corrected chi connectivity index (χ0v) is 11.0. The number of ketones is 1. The van der Waals surface area contributed by atoms with Gasteiger partial charge in [-0.3, -0.25) is 4.79 Å². The van der Waals surface area contributed by atoms with Crippen LogP contribution < -0.4 is 9.47 Å². The molecule has 108 valence electrons. The summed E-state index contributed by atoms with van der Waals surface area (Å²) in [7, 11) is 0. The fourth-order valence-corrected chi connectivity index (χ4v) is 2.14. The summed E-state index contributed by atoms with van der Waals surface area (Å²) < 4.78 is 37.0. The molecule has 2 aromatic carbocycles. The number of hydrogen-bond donors (Lipinski definition) is 0. The molecule has 0 aromatic heterocycles. The van der Waals surface area contributed by atoms with Crippen LogP contribution in [0.15, 0.2) is 42.5 Å². The number of carbonyl (C=O) groups is 1. The highest BCUT2D eigenvalue weighted by atomic mass is 19.2. The van der Waals surface area contributed by atoms with E-state index in [0.29, 0.717) is 17.1 Å². The van der Waals surface area contributed by atoms with Gasteiger partial charge in [-0.1, -0.05) is 18.2 Å². The summed E-state index contributed by atoms with van der Waals surface area (Å²) in [5.41, 5.74) is 0.404. The summed E-state index contributed by atoms with van der Waals surface area (Å²) in [6.45, 7) is 0.111. The summed E-state index contributed by atoms with van der Waals surface area (Å²) in [5.74, 6) is -1.04. The van der Waals surface area contributed by atoms with Gasteiger partial charge in [-0.2, -0.15) is 0 Å². The van der Waals surface area contributed by atoms with Gasteiger partial charge in [0.1, 0.15) is 6.61 Å². The van der Waals surface area contributed by atoms with Crippen LogP contribution in [0, 0.1) is 11.6 Å². The number of ether oxygens (including phenoxy) is 2. The molecule has 1 heterocycles. The molecule has 21 heavy (non-hydrogen) atoms. The third-order valence-electron chi connectivity index (χ3n) is 3.23. The van der Waals surface area contributed by atoms with Crippen molar-refractivity contribution in [2.75, 3.05) is 6.61 Å². The Kier molecular flexibility index (Phi) is 3.56. The van der Waals surface area contributed by atoms with Gasteiger partial charge in [-0.25, -0.2) is 8.78 Å². The summed E-state index contributed by atoms with van der Waals surface area (Å²) in [6.07, 6.45) is -0.777. The van der Waals surface area contributed by atoms with Crippen molar-refractivity contribution >= 4 is 5.78 Å². The molecular weight excluding hydrogens is 278 g/mol. The maximum absolute atomic E-state index is 13.1. The highest BCUT2D eigenvalue weighted by Gasteiger charge is 2.27. The highest BCUT2D eigenvalue weighted by Crippen LogP contribution is 2.31. The van der Waals surface area contributed by atoms with Crippen molar-refractivity contribution < 1.29 is 23.0 Å². The predicted molar refractivity (Wildman–Crippen MR) is 71.4 cm³/mol. The van der Waals surface area contributed by atoms with Crippen LogP contribution in [0.4, 0.5) is 8.78 Å². The maximum Gasteiger partial charge on any atom is 0.191 e. The first-order valence-corrected chi connectivity index (χ1v) is 6.48. The van der Waals surface area contributed by atoms with Crippen molar-refractivity contribution in [2.45, 2.75) is 12.5 Å². The third-order valence-corrected chi connectivity index (χ3v) is 3.23. The summed E-state index contributed by atoms with van der Waals surface area (Å²) >= 11 is 0. The lowest BCUT2D eigenvalue weighted by molar-refractivity contribution is -0.127. The second-order valence-corrected chi connectivity index (χ2v) is 4.76. The van der Waals surface area contributed by atoms with E-state index < -0.39 is 17.7 Å². The minimum Gasteiger partial charge on any atom is -0.485 e. The third kappa shape index (κ3) is 2.86. The Bertz CT molecular complexity index is 685. The Morgan fingerprint density at radius 1 is 1.10 bits per heavy atom. The lowest BCUT2D eigenvalue weighted by atomic mass is 10.0. The molecule has 0 bridgehead atoms. The smallest absolute Gasteiger partial charge is 0.191 e. The molecule has 5 heteroatoms. The largest absolute Gasteiger partial charge is 0.485 e. The Labute approximate surface area is 120 Å². The first-order valence-electron chi connectivity index (χ1n) is 6.48. The van der Waals surface area contributed by atoms with E-state index in [0.717, 1.165) is 12.1 Å². The fourth-order valence-electron chi connectivity index (χ4n) is 2.14. The Balaban J connectivity index is 1.70. The summed E-state index contributed by atoms with van der Waals surface area (Å²) in [6, 6.07) is 10.5. The van der Waals surface area contributed by atoms with E-state index >= 15 is 0 Å². The standard InChI is InChI=1S/C16H12F2O3/c17-11-6-5-10(7-12(11)18)8-13(19)16-9-20-14-3-1-2-4-15(14)21-16/h1-7,16H,8-9H2. The first kappa shape index (κ1) is 13.5. The maximum atomic E-state index is 13.1. The number of para-hydroxylation sites is 2. The molecule has 1 atom stereocenters. The molecule has 0 aliphatic carbocycles. The van der Waals surface area contributed by atoms with Gasteiger partial charge >= 0.3 is 0 Å². The molecule has 1 aliphatic heterocycles. The number of carbonyl (C=O) groups excluding carboxylic acids is 1. The van der Waals surface area contributed by atoms with Gasteiger partial charge in [0.15, 0.2) is 35.0 Å². The van der Waals surface area contributed by atoms with E-state index in [2.05, 4.69) is 0 Å². The van der Waals surface area contributed by atoms with Crippen LogP contribution in [0.3, 0.4) is 0 Å². The number of hydrogen-bond acceptors (Lipinski definition) is 3. The fraction of sp³-hybridized carbons (Fsp3) is 0.188. The van der Waals surface area contributed by atoms with Gasteiger partial charge in [-0.15, -0.1) is 0 Å². The predicted octanol–water partition coefficient (Wildman–Crippen LogP) is 2.92. The number of rotatable bonds is 3. The van der Waals surface area contributed by atoms with E-state index in [4.69, 9.17) is 9.47 Å². The highest BCUT2D eigenvalue weighted by molar-refractivity contribution is 5.86. The molecule has 1 aliphatic rings. The number of benzene rings is 2. The normalized spacial score (nSPS) is 16.6. The minimum absolute atomic E-state index is 0.0343. The molecule has 0 spiro atoms. The van der Waals surface area contributed by atoms with Crippen molar-refractivity contribution in [3.05, 3.63) is 59.7 Å². The van der Waals surface area contributed by atoms with Gasteiger partial charge in [0.05, 0.1) is 0 Å². The molecule has 3 rings (SSSR count). The van der Waals surface area contributed by atoms with Crippen molar-refractivity contribution in [1.29, 1.82) is 0 Å². The average molecular weight is 290 g/mol. The number of fused-ring (bicyclic) bond motifs is 1. The molecule has 0 saturated heterocycles. The average Bonchev–Trinajstić information content (AvgIpc) is 2.50. The van der Waals surface area contributed by atoms with Crippen molar-refractivity contribution in [2.24, 2.45) is 0 Å². The van der Waals surface area contributed by atoms with E-state index in [1.165, 1.54) is 6.07 Å². The molecule has 0 radical (unpaired) electrons. The van der Waals surface area contributed by atoms with Crippen LogP contribution in [-0.2, 0) is 11.2 Å².